The number of rotatable bonds is 4. The summed E-state index contributed by atoms with van der Waals surface area (Å²) in [5.41, 5.74) is 13.2. The lowest BCUT2D eigenvalue weighted by atomic mass is 10.1. The fourth-order valence-electron chi connectivity index (χ4n) is 1.55. The van der Waals surface area contributed by atoms with Gasteiger partial charge in [-0.1, -0.05) is 23.2 Å². The van der Waals surface area contributed by atoms with E-state index < -0.39 is 0 Å². The van der Waals surface area contributed by atoms with E-state index in [1.807, 2.05) is 20.8 Å². The molecule has 0 saturated carbocycles. The normalized spacial score (nSPS) is 11.3. The second-order valence-corrected chi connectivity index (χ2v) is 6.55. The molecule has 0 amide bonds. The Morgan fingerprint density at radius 1 is 1.05 bits per heavy atom. The molecule has 0 fully saturated rings. The van der Waals surface area contributed by atoms with Crippen molar-refractivity contribution in [2.75, 3.05) is 16.5 Å². The van der Waals surface area contributed by atoms with Crippen molar-refractivity contribution in [3.8, 4) is 0 Å². The van der Waals surface area contributed by atoms with E-state index in [9.17, 15) is 0 Å². The topological polar surface area (TPSA) is 87.9 Å². The molecule has 1 heterocycles. The summed E-state index contributed by atoms with van der Waals surface area (Å²) in [6, 6.07) is 5.19. The van der Waals surface area contributed by atoms with Gasteiger partial charge in [0, 0.05) is 11.2 Å². The predicted molar refractivity (Wildman–Crippen MR) is 92.7 cm³/mol. The van der Waals surface area contributed by atoms with Gasteiger partial charge in [0.15, 0.2) is 11.6 Å². The molecule has 0 aliphatic carbocycles. The van der Waals surface area contributed by atoms with Crippen LogP contribution < -0.4 is 21.9 Å². The fourth-order valence-corrected chi connectivity index (χ4v) is 1.85. The summed E-state index contributed by atoms with van der Waals surface area (Å²) in [7, 11) is 0. The van der Waals surface area contributed by atoms with E-state index in [4.69, 9.17) is 28.9 Å². The molecule has 1 aromatic heterocycles. The Morgan fingerprint density at radius 3 is 2.36 bits per heavy atom. The van der Waals surface area contributed by atoms with Crippen LogP contribution in [-0.2, 0) is 0 Å². The van der Waals surface area contributed by atoms with Crippen molar-refractivity contribution in [1.29, 1.82) is 0 Å². The lowest BCUT2D eigenvalue weighted by Crippen LogP contribution is -2.40. The smallest absolute Gasteiger partial charge is 0.169 e. The number of benzene rings is 1. The Morgan fingerprint density at radius 2 is 1.73 bits per heavy atom. The molecule has 0 unspecified atom stereocenters. The largest absolute Gasteiger partial charge is 0.393 e. The quantitative estimate of drug-likeness (QED) is 0.632. The molecule has 6 nitrogen and oxygen atoms in total. The number of aromatic nitrogens is 2. The van der Waals surface area contributed by atoms with Crippen molar-refractivity contribution in [2.24, 2.45) is 0 Å². The minimum Gasteiger partial charge on any atom is -0.393 e. The number of nitrogens with zero attached hydrogens (tertiary/aromatic N) is 2. The zero-order chi connectivity index (χ0) is 16.3. The highest BCUT2D eigenvalue weighted by atomic mass is 35.5. The molecule has 8 heteroatoms. The summed E-state index contributed by atoms with van der Waals surface area (Å²) in [6.45, 7) is 6.06. The lowest BCUT2D eigenvalue weighted by Gasteiger charge is -2.22. The SMILES string of the molecule is CC(C)(C)NNc1ncnc(Nc2ccc(Cl)c(Cl)c2)c1N. The summed E-state index contributed by atoms with van der Waals surface area (Å²) in [5.74, 6) is 0.971. The van der Waals surface area contributed by atoms with Gasteiger partial charge in [-0.3, -0.25) is 0 Å². The minimum absolute atomic E-state index is 0.130. The van der Waals surface area contributed by atoms with Gasteiger partial charge < -0.3 is 16.5 Å². The molecule has 0 saturated heterocycles. The van der Waals surface area contributed by atoms with Gasteiger partial charge in [0.05, 0.1) is 10.0 Å². The molecule has 2 aromatic rings. The van der Waals surface area contributed by atoms with E-state index in [-0.39, 0.29) is 5.54 Å². The first-order valence-corrected chi connectivity index (χ1v) is 7.37. The maximum absolute atomic E-state index is 6.08. The third-order valence-corrected chi connectivity index (χ3v) is 3.36. The van der Waals surface area contributed by atoms with E-state index >= 15 is 0 Å². The number of nitrogen functional groups attached to an aromatic ring is 1. The molecule has 5 N–H and O–H groups in total. The van der Waals surface area contributed by atoms with Crippen LogP contribution in [-0.4, -0.2) is 15.5 Å². The second-order valence-electron chi connectivity index (χ2n) is 5.74. The summed E-state index contributed by atoms with van der Waals surface area (Å²) in [4.78, 5) is 8.26. The van der Waals surface area contributed by atoms with Gasteiger partial charge in [0.25, 0.3) is 0 Å². The summed E-state index contributed by atoms with van der Waals surface area (Å²) in [5, 5.41) is 4.03. The average Bonchev–Trinajstić information content (AvgIpc) is 2.43. The number of anilines is 4. The van der Waals surface area contributed by atoms with Crippen molar-refractivity contribution in [3.05, 3.63) is 34.6 Å². The zero-order valence-corrected chi connectivity index (χ0v) is 14.0. The van der Waals surface area contributed by atoms with Crippen LogP contribution in [0.5, 0.6) is 0 Å². The molecule has 0 aliphatic rings. The number of nitrogens with one attached hydrogen (secondary N) is 3. The molecule has 0 atom stereocenters. The molecular weight excluding hydrogens is 323 g/mol. The first kappa shape index (κ1) is 16.6. The molecule has 118 valence electrons. The predicted octanol–water partition coefficient (Wildman–Crippen LogP) is 3.82. The van der Waals surface area contributed by atoms with Crippen molar-refractivity contribution >= 4 is 46.2 Å². The van der Waals surface area contributed by atoms with E-state index in [2.05, 4.69) is 26.1 Å². The number of hydrogen-bond donors (Lipinski definition) is 4. The third-order valence-electron chi connectivity index (χ3n) is 2.62. The second kappa shape index (κ2) is 6.56. The number of halogens is 2. The summed E-state index contributed by atoms with van der Waals surface area (Å²) >= 11 is 11.9. The molecule has 0 aliphatic heterocycles. The molecular formula is C14H18Cl2N6. The van der Waals surface area contributed by atoms with Crippen molar-refractivity contribution in [2.45, 2.75) is 26.3 Å². The highest BCUT2D eigenvalue weighted by Gasteiger charge is 2.12. The third kappa shape index (κ3) is 4.37. The van der Waals surface area contributed by atoms with Gasteiger partial charge in [-0.25, -0.2) is 15.4 Å². The Balaban J connectivity index is 2.19. The fraction of sp³-hybridized carbons (Fsp3) is 0.286. The molecule has 22 heavy (non-hydrogen) atoms. The maximum atomic E-state index is 6.08. The van der Waals surface area contributed by atoms with Gasteiger partial charge in [-0.2, -0.15) is 0 Å². The van der Waals surface area contributed by atoms with Crippen LogP contribution in [0.2, 0.25) is 10.0 Å². The van der Waals surface area contributed by atoms with Crippen LogP contribution in [0.4, 0.5) is 23.0 Å². The van der Waals surface area contributed by atoms with Crippen molar-refractivity contribution in [3.63, 3.8) is 0 Å². The molecule has 0 bridgehead atoms. The zero-order valence-electron chi connectivity index (χ0n) is 12.5. The molecule has 2 rings (SSSR count). The highest BCUT2D eigenvalue weighted by molar-refractivity contribution is 6.42. The minimum atomic E-state index is -0.130. The Labute approximate surface area is 139 Å². The summed E-state index contributed by atoms with van der Waals surface area (Å²) in [6.07, 6.45) is 1.42. The first-order valence-electron chi connectivity index (χ1n) is 6.62. The van der Waals surface area contributed by atoms with Crippen LogP contribution in [0.15, 0.2) is 24.5 Å². The maximum Gasteiger partial charge on any atom is 0.169 e. The van der Waals surface area contributed by atoms with Crippen LogP contribution >= 0.6 is 23.2 Å². The Hall–Kier alpha value is -1.76. The van der Waals surface area contributed by atoms with E-state index in [0.29, 0.717) is 27.4 Å². The molecule has 0 radical (unpaired) electrons. The van der Waals surface area contributed by atoms with Gasteiger partial charge in [0.2, 0.25) is 0 Å². The van der Waals surface area contributed by atoms with Gasteiger partial charge in [0.1, 0.15) is 12.0 Å². The first-order chi connectivity index (χ1) is 10.3. The van der Waals surface area contributed by atoms with Gasteiger partial charge in [-0.15, -0.1) is 0 Å². The number of hydrogen-bond acceptors (Lipinski definition) is 6. The standard InChI is InChI=1S/C14H18Cl2N6/c1-14(2,3)22-21-13-11(17)12(18-7-19-13)20-8-4-5-9(15)10(16)6-8/h4-7,22H,17H2,1-3H3,(H2,18,19,20,21). The number of nitrogens with two attached hydrogens (primary N) is 1. The summed E-state index contributed by atoms with van der Waals surface area (Å²) < 4.78 is 0. The Kier molecular flexibility index (Phi) is 4.95. The Bertz CT molecular complexity index is 669. The van der Waals surface area contributed by atoms with Gasteiger partial charge in [-0.05, 0) is 39.0 Å². The number of hydrazine groups is 1. The van der Waals surface area contributed by atoms with Crippen molar-refractivity contribution in [1.82, 2.24) is 15.4 Å². The van der Waals surface area contributed by atoms with Gasteiger partial charge >= 0.3 is 0 Å². The average molecular weight is 341 g/mol. The molecule has 0 spiro atoms. The van der Waals surface area contributed by atoms with E-state index in [1.54, 1.807) is 18.2 Å². The van der Waals surface area contributed by atoms with E-state index in [0.717, 1.165) is 5.69 Å². The monoisotopic (exact) mass is 340 g/mol. The molecule has 1 aromatic carbocycles. The van der Waals surface area contributed by atoms with Crippen LogP contribution in [0.25, 0.3) is 0 Å². The highest BCUT2D eigenvalue weighted by Crippen LogP contribution is 2.29. The van der Waals surface area contributed by atoms with Crippen LogP contribution in [0.1, 0.15) is 20.8 Å². The van der Waals surface area contributed by atoms with Crippen molar-refractivity contribution < 1.29 is 0 Å². The van der Waals surface area contributed by atoms with E-state index in [1.165, 1.54) is 6.33 Å². The van der Waals surface area contributed by atoms with Crippen LogP contribution in [0.3, 0.4) is 0 Å². The lowest BCUT2D eigenvalue weighted by molar-refractivity contribution is 0.464. The van der Waals surface area contributed by atoms with Crippen LogP contribution in [0, 0.1) is 0 Å².